The third-order valence-electron chi connectivity index (χ3n) is 3.03. The maximum atomic E-state index is 12.8. The predicted molar refractivity (Wildman–Crippen MR) is 84.8 cm³/mol. The Morgan fingerprint density at radius 1 is 1.32 bits per heavy atom. The fraction of sp³-hybridized carbons (Fsp3) is 0.133. The van der Waals surface area contributed by atoms with Gasteiger partial charge in [0.15, 0.2) is 6.61 Å². The molecule has 0 N–H and O–H groups in total. The number of aryl methyl sites for hydroxylation is 1. The second-order valence-corrected chi connectivity index (χ2v) is 5.82. The van der Waals surface area contributed by atoms with Crippen LogP contribution in [0.1, 0.15) is 11.5 Å². The molecule has 0 atom stereocenters. The number of ether oxygens (including phenoxy) is 1. The molecule has 0 aliphatic heterocycles. The molecule has 3 aromatic rings. The van der Waals surface area contributed by atoms with Gasteiger partial charge in [-0.1, -0.05) is 0 Å². The molecule has 0 saturated heterocycles. The van der Waals surface area contributed by atoms with Crippen molar-refractivity contribution >= 4 is 17.4 Å². The van der Waals surface area contributed by atoms with E-state index in [1.807, 2.05) is 0 Å². The van der Waals surface area contributed by atoms with Gasteiger partial charge in [0, 0.05) is 6.07 Å². The van der Waals surface area contributed by atoms with Crippen molar-refractivity contribution in [1.82, 2.24) is 15.2 Å². The largest absolute Gasteiger partial charge is 0.484 e. The van der Waals surface area contributed by atoms with E-state index in [-0.39, 0.29) is 29.2 Å². The van der Waals surface area contributed by atoms with Crippen LogP contribution in [0.25, 0.3) is 0 Å². The minimum absolute atomic E-state index is 0.0336. The normalized spacial score (nSPS) is 10.6. The average molecular weight is 362 g/mol. The molecular weight excluding hydrogens is 351 g/mol. The number of halogens is 1. The van der Waals surface area contributed by atoms with E-state index in [4.69, 9.17) is 9.15 Å². The molecule has 0 aliphatic rings. The topological polar surface area (TPSA) is 104 Å². The van der Waals surface area contributed by atoms with Crippen molar-refractivity contribution in [2.24, 2.45) is 0 Å². The van der Waals surface area contributed by atoms with Crippen LogP contribution in [0.2, 0.25) is 0 Å². The van der Waals surface area contributed by atoms with Crippen molar-refractivity contribution in [3.8, 4) is 5.75 Å². The molecule has 10 heteroatoms. The number of hydrogen-bond donors (Lipinski definition) is 0. The lowest BCUT2D eigenvalue weighted by Gasteiger charge is -2.02. The molecule has 0 saturated carbocycles. The number of pyridine rings is 1. The summed E-state index contributed by atoms with van der Waals surface area (Å²) < 4.78 is 23.7. The quantitative estimate of drug-likeness (QED) is 0.484. The zero-order valence-electron chi connectivity index (χ0n) is 12.9. The Morgan fingerprint density at radius 2 is 2.08 bits per heavy atom. The third kappa shape index (κ3) is 4.29. The number of rotatable bonds is 6. The minimum Gasteiger partial charge on any atom is -0.484 e. The Morgan fingerprint density at radius 3 is 2.76 bits per heavy atom. The Hall–Kier alpha value is -3.01. The number of benzene rings is 1. The summed E-state index contributed by atoms with van der Waals surface area (Å²) in [5.74, 6) is 0.364. The Labute approximate surface area is 145 Å². The molecule has 0 radical (unpaired) electrons. The second-order valence-electron chi connectivity index (χ2n) is 4.88. The van der Waals surface area contributed by atoms with Gasteiger partial charge in [-0.25, -0.2) is 9.37 Å². The van der Waals surface area contributed by atoms with Crippen LogP contribution in [0.3, 0.4) is 0 Å². The number of aromatic nitrogens is 3. The summed E-state index contributed by atoms with van der Waals surface area (Å²) in [5.41, 5.74) is 0.544. The van der Waals surface area contributed by atoms with Gasteiger partial charge >= 0.3 is 0 Å². The highest BCUT2D eigenvalue weighted by atomic mass is 32.2. The van der Waals surface area contributed by atoms with Crippen molar-refractivity contribution < 1.29 is 18.5 Å². The molecule has 0 spiro atoms. The summed E-state index contributed by atoms with van der Waals surface area (Å²) in [5, 5.41) is 19.2. The molecular formula is C15H11FN4O4S. The summed E-state index contributed by atoms with van der Waals surface area (Å²) in [7, 11) is 0. The van der Waals surface area contributed by atoms with E-state index in [1.165, 1.54) is 36.5 Å². The van der Waals surface area contributed by atoms with Gasteiger partial charge in [-0.2, -0.15) is 0 Å². The lowest BCUT2D eigenvalue weighted by molar-refractivity contribution is -0.385. The lowest BCUT2D eigenvalue weighted by Crippen LogP contribution is -1.95. The maximum absolute atomic E-state index is 12.8. The van der Waals surface area contributed by atoms with Crippen molar-refractivity contribution in [2.75, 3.05) is 0 Å². The summed E-state index contributed by atoms with van der Waals surface area (Å²) in [4.78, 5) is 14.2. The standard InChI is InChI=1S/C15H11FN4O4S/c1-9-6-11(20(21)22)7-17-14(9)25-15-19-18-13(24-15)8-23-12-4-2-10(16)3-5-12/h2-7H,8H2,1H3. The first kappa shape index (κ1) is 16.8. The van der Waals surface area contributed by atoms with Crippen LogP contribution in [0, 0.1) is 22.9 Å². The second kappa shape index (κ2) is 7.26. The van der Waals surface area contributed by atoms with Crippen LogP contribution in [0.4, 0.5) is 10.1 Å². The summed E-state index contributed by atoms with van der Waals surface area (Å²) >= 11 is 1.10. The molecule has 2 heterocycles. The lowest BCUT2D eigenvalue weighted by atomic mass is 10.3. The van der Waals surface area contributed by atoms with Gasteiger partial charge in [0.25, 0.3) is 16.8 Å². The summed E-state index contributed by atoms with van der Waals surface area (Å²) in [6.07, 6.45) is 1.17. The van der Waals surface area contributed by atoms with Gasteiger partial charge in [0.1, 0.15) is 22.8 Å². The van der Waals surface area contributed by atoms with Crippen LogP contribution in [-0.4, -0.2) is 20.1 Å². The number of nitrogens with zero attached hydrogens (tertiary/aromatic N) is 4. The smallest absolute Gasteiger partial charge is 0.287 e. The van der Waals surface area contributed by atoms with E-state index in [2.05, 4.69) is 15.2 Å². The van der Waals surface area contributed by atoms with Gasteiger partial charge in [-0.05, 0) is 48.5 Å². The molecule has 0 aliphatic carbocycles. The van der Waals surface area contributed by atoms with Gasteiger partial charge < -0.3 is 9.15 Å². The number of hydrogen-bond acceptors (Lipinski definition) is 8. The molecule has 25 heavy (non-hydrogen) atoms. The Bertz CT molecular complexity index is 901. The van der Waals surface area contributed by atoms with E-state index in [0.29, 0.717) is 16.3 Å². The molecule has 0 fully saturated rings. The first-order chi connectivity index (χ1) is 12.0. The Kier molecular flexibility index (Phi) is 4.89. The zero-order chi connectivity index (χ0) is 17.8. The van der Waals surface area contributed by atoms with E-state index in [9.17, 15) is 14.5 Å². The Balaban J connectivity index is 1.63. The molecule has 3 rings (SSSR count). The maximum Gasteiger partial charge on any atom is 0.287 e. The third-order valence-corrected chi connectivity index (χ3v) is 4.00. The molecule has 0 bridgehead atoms. The summed E-state index contributed by atoms with van der Waals surface area (Å²) in [6, 6.07) is 6.97. The highest BCUT2D eigenvalue weighted by Gasteiger charge is 2.14. The molecule has 2 aromatic heterocycles. The van der Waals surface area contributed by atoms with E-state index in [1.54, 1.807) is 6.92 Å². The van der Waals surface area contributed by atoms with Gasteiger partial charge in [0.2, 0.25) is 0 Å². The van der Waals surface area contributed by atoms with E-state index in [0.717, 1.165) is 11.8 Å². The molecule has 8 nitrogen and oxygen atoms in total. The van der Waals surface area contributed by atoms with E-state index >= 15 is 0 Å². The first-order valence-corrected chi connectivity index (χ1v) is 7.82. The van der Waals surface area contributed by atoms with Crippen molar-refractivity contribution in [3.05, 3.63) is 63.9 Å². The summed E-state index contributed by atoms with van der Waals surface area (Å²) in [6.45, 7) is 1.74. The molecule has 128 valence electrons. The molecule has 0 unspecified atom stereocenters. The first-order valence-electron chi connectivity index (χ1n) is 7.01. The number of nitro groups is 1. The van der Waals surface area contributed by atoms with Crippen LogP contribution < -0.4 is 4.74 Å². The van der Waals surface area contributed by atoms with Crippen LogP contribution in [-0.2, 0) is 6.61 Å². The van der Waals surface area contributed by atoms with Crippen LogP contribution >= 0.6 is 11.8 Å². The molecule has 1 aromatic carbocycles. The van der Waals surface area contributed by atoms with Crippen LogP contribution in [0.15, 0.2) is 51.2 Å². The fourth-order valence-corrected chi connectivity index (χ4v) is 2.56. The van der Waals surface area contributed by atoms with Gasteiger partial charge in [-0.3, -0.25) is 10.1 Å². The van der Waals surface area contributed by atoms with Crippen molar-refractivity contribution in [1.29, 1.82) is 0 Å². The minimum atomic E-state index is -0.508. The molecule has 0 amide bonds. The van der Waals surface area contributed by atoms with Crippen molar-refractivity contribution in [3.63, 3.8) is 0 Å². The van der Waals surface area contributed by atoms with Crippen molar-refractivity contribution in [2.45, 2.75) is 23.8 Å². The van der Waals surface area contributed by atoms with Crippen LogP contribution in [0.5, 0.6) is 5.75 Å². The highest BCUT2D eigenvalue weighted by molar-refractivity contribution is 7.99. The SMILES string of the molecule is Cc1cc([N+](=O)[O-])cnc1Sc1nnc(COc2ccc(F)cc2)o1. The zero-order valence-corrected chi connectivity index (χ0v) is 13.7. The highest BCUT2D eigenvalue weighted by Crippen LogP contribution is 2.29. The van der Waals surface area contributed by atoms with Gasteiger partial charge in [0.05, 0.1) is 4.92 Å². The fourth-order valence-electron chi connectivity index (χ4n) is 1.85. The average Bonchev–Trinajstić information content (AvgIpc) is 3.03. The predicted octanol–water partition coefficient (Wildman–Crippen LogP) is 3.55. The van der Waals surface area contributed by atoms with Gasteiger partial charge in [-0.15, -0.1) is 10.2 Å². The van der Waals surface area contributed by atoms with E-state index < -0.39 is 4.92 Å². The monoisotopic (exact) mass is 362 g/mol.